The van der Waals surface area contributed by atoms with Crippen molar-refractivity contribution in [3.8, 4) is 39.1 Å². The number of rotatable bonds is 9. The zero-order valence-corrected chi connectivity index (χ0v) is 24.9. The molecule has 0 atom stereocenters. The van der Waals surface area contributed by atoms with Crippen LogP contribution in [-0.4, -0.2) is 0 Å². The Morgan fingerprint density at radius 3 is 1.67 bits per heavy atom. The highest BCUT2D eigenvalue weighted by molar-refractivity contribution is 5.74. The van der Waals surface area contributed by atoms with E-state index in [1.807, 2.05) is 37.3 Å². The topological polar surface area (TPSA) is 9.23 Å². The molecule has 5 rings (SSSR count). The lowest BCUT2D eigenvalue weighted by molar-refractivity contribution is -0.189. The van der Waals surface area contributed by atoms with E-state index in [4.69, 9.17) is 0 Å². The van der Waals surface area contributed by atoms with Crippen molar-refractivity contribution in [1.29, 1.82) is 0 Å². The fourth-order valence-corrected chi connectivity index (χ4v) is 5.12. The number of hydrogen-bond donors (Lipinski definition) is 0. The van der Waals surface area contributed by atoms with Gasteiger partial charge in [0.25, 0.3) is 0 Å². The molecule has 0 aliphatic heterocycles. The number of ether oxygens (including phenoxy) is 1. The molecular formula is C37H24F10O. The van der Waals surface area contributed by atoms with Gasteiger partial charge in [0.1, 0.15) is 40.4 Å². The summed E-state index contributed by atoms with van der Waals surface area (Å²) in [6, 6.07) is 16.7. The second kappa shape index (κ2) is 13.6. The standard InChI is InChI=1S/C37H24F10O/c1-2-3-4-5-21-6-8-22(9-7-21)23-10-13-27(30(38)16-23)24-11-14-28(31(39)17-24)25-18-33(41)35(34(42)19-25)37(46,47)48-26-12-15-29(32(40)20-26)36(43,44)45/h2-3,6-20H,4-5H2,1H3. The Bertz CT molecular complexity index is 1960. The van der Waals surface area contributed by atoms with Crippen molar-refractivity contribution in [2.45, 2.75) is 32.1 Å². The van der Waals surface area contributed by atoms with E-state index in [0.717, 1.165) is 36.1 Å². The average molecular weight is 675 g/mol. The van der Waals surface area contributed by atoms with Gasteiger partial charge < -0.3 is 4.74 Å². The largest absolute Gasteiger partial charge is 0.432 e. The summed E-state index contributed by atoms with van der Waals surface area (Å²) < 4.78 is 146. The third-order valence-electron chi connectivity index (χ3n) is 7.51. The summed E-state index contributed by atoms with van der Waals surface area (Å²) in [7, 11) is 0. The fourth-order valence-electron chi connectivity index (χ4n) is 5.12. The van der Waals surface area contributed by atoms with Crippen LogP contribution in [-0.2, 0) is 18.7 Å². The highest BCUT2D eigenvalue weighted by Crippen LogP contribution is 2.40. The molecular weight excluding hydrogens is 650 g/mol. The third kappa shape index (κ3) is 7.40. The summed E-state index contributed by atoms with van der Waals surface area (Å²) in [4.78, 5) is 0. The molecule has 0 unspecified atom stereocenters. The van der Waals surface area contributed by atoms with Crippen molar-refractivity contribution in [3.05, 3.63) is 149 Å². The molecule has 0 N–H and O–H groups in total. The van der Waals surface area contributed by atoms with Gasteiger partial charge >= 0.3 is 12.3 Å². The molecule has 0 aromatic heterocycles. The normalized spacial score (nSPS) is 12.1. The Balaban J connectivity index is 1.36. The van der Waals surface area contributed by atoms with Crippen molar-refractivity contribution in [1.82, 2.24) is 0 Å². The third-order valence-corrected chi connectivity index (χ3v) is 7.51. The lowest BCUT2D eigenvalue weighted by Gasteiger charge is -2.20. The number of alkyl halides is 5. The van der Waals surface area contributed by atoms with E-state index in [1.54, 1.807) is 6.07 Å². The molecule has 248 valence electrons. The molecule has 0 fully saturated rings. The van der Waals surface area contributed by atoms with Crippen LogP contribution in [0.4, 0.5) is 43.9 Å². The maximum absolute atomic E-state index is 15.2. The van der Waals surface area contributed by atoms with Crippen LogP contribution in [0.5, 0.6) is 5.75 Å². The Hall–Kier alpha value is -5.06. The van der Waals surface area contributed by atoms with Gasteiger partial charge in [-0.15, -0.1) is 0 Å². The fraction of sp³-hybridized carbons (Fsp3) is 0.135. The van der Waals surface area contributed by atoms with Gasteiger partial charge in [0, 0.05) is 17.2 Å². The van der Waals surface area contributed by atoms with E-state index < -0.39 is 69.4 Å². The van der Waals surface area contributed by atoms with Crippen molar-refractivity contribution >= 4 is 0 Å². The minimum absolute atomic E-state index is 0.00108. The van der Waals surface area contributed by atoms with Gasteiger partial charge in [-0.3, -0.25) is 0 Å². The summed E-state index contributed by atoms with van der Waals surface area (Å²) in [5.74, 6) is -8.53. The van der Waals surface area contributed by atoms with E-state index in [-0.39, 0.29) is 23.3 Å². The molecule has 5 aromatic rings. The van der Waals surface area contributed by atoms with Crippen LogP contribution in [0.2, 0.25) is 0 Å². The molecule has 5 aromatic carbocycles. The molecule has 0 saturated carbocycles. The number of allylic oxidation sites excluding steroid dienone is 2. The van der Waals surface area contributed by atoms with Gasteiger partial charge in [0.15, 0.2) is 0 Å². The zero-order chi connectivity index (χ0) is 34.8. The molecule has 48 heavy (non-hydrogen) atoms. The van der Waals surface area contributed by atoms with Crippen LogP contribution in [0.3, 0.4) is 0 Å². The van der Waals surface area contributed by atoms with Gasteiger partial charge in [0.2, 0.25) is 0 Å². The van der Waals surface area contributed by atoms with Crippen LogP contribution >= 0.6 is 0 Å². The molecule has 1 nitrogen and oxygen atoms in total. The Kier molecular flexibility index (Phi) is 9.70. The quantitative estimate of drug-likeness (QED) is 0.112. The van der Waals surface area contributed by atoms with Crippen molar-refractivity contribution < 1.29 is 48.6 Å². The minimum atomic E-state index is -5.12. The molecule has 0 aliphatic rings. The van der Waals surface area contributed by atoms with Gasteiger partial charge in [-0.1, -0.05) is 60.7 Å². The number of benzene rings is 5. The van der Waals surface area contributed by atoms with Crippen LogP contribution in [0, 0.1) is 29.1 Å². The predicted molar refractivity (Wildman–Crippen MR) is 162 cm³/mol. The summed E-state index contributed by atoms with van der Waals surface area (Å²) in [5.41, 5.74) is -1.97. The Morgan fingerprint density at radius 1 is 0.562 bits per heavy atom. The lowest BCUT2D eigenvalue weighted by Crippen LogP contribution is -2.25. The summed E-state index contributed by atoms with van der Waals surface area (Å²) >= 11 is 0. The second-order valence-electron chi connectivity index (χ2n) is 10.8. The molecule has 0 radical (unpaired) electrons. The molecule has 11 heteroatoms. The maximum Gasteiger partial charge on any atom is 0.432 e. The van der Waals surface area contributed by atoms with E-state index in [9.17, 15) is 35.1 Å². The Labute approximate surface area is 268 Å². The molecule has 0 heterocycles. The van der Waals surface area contributed by atoms with Crippen LogP contribution in [0.25, 0.3) is 33.4 Å². The zero-order valence-electron chi connectivity index (χ0n) is 24.9. The monoisotopic (exact) mass is 674 g/mol. The first kappa shape index (κ1) is 34.3. The lowest BCUT2D eigenvalue weighted by atomic mass is 9.96. The van der Waals surface area contributed by atoms with Gasteiger partial charge in [0.05, 0.1) is 5.56 Å². The minimum Gasteiger partial charge on any atom is -0.429 e. The Morgan fingerprint density at radius 2 is 1.10 bits per heavy atom. The van der Waals surface area contributed by atoms with E-state index in [2.05, 4.69) is 10.8 Å². The van der Waals surface area contributed by atoms with E-state index >= 15 is 8.78 Å². The van der Waals surface area contributed by atoms with Crippen molar-refractivity contribution in [3.63, 3.8) is 0 Å². The maximum atomic E-state index is 15.2. The SMILES string of the molecule is CC=CCCc1ccc(-c2ccc(-c3ccc(-c4cc(F)c(C(F)(F)Oc5ccc(C(F)(F)F)c(F)c5)c(F)c4)c(F)c3)c(F)c2)cc1. The van der Waals surface area contributed by atoms with Gasteiger partial charge in [-0.05, 0) is 84.0 Å². The molecule has 0 spiro atoms. The highest BCUT2D eigenvalue weighted by Gasteiger charge is 2.42. The van der Waals surface area contributed by atoms with E-state index in [0.29, 0.717) is 23.8 Å². The highest BCUT2D eigenvalue weighted by atomic mass is 19.4. The molecule has 0 amide bonds. The first-order chi connectivity index (χ1) is 22.7. The van der Waals surface area contributed by atoms with Crippen LogP contribution in [0.15, 0.2) is 103 Å². The summed E-state index contributed by atoms with van der Waals surface area (Å²) in [6.07, 6.45) is -4.14. The summed E-state index contributed by atoms with van der Waals surface area (Å²) in [5, 5.41) is 0. The van der Waals surface area contributed by atoms with Crippen molar-refractivity contribution in [2.75, 3.05) is 0 Å². The first-order valence-electron chi connectivity index (χ1n) is 14.4. The van der Waals surface area contributed by atoms with Crippen LogP contribution in [0.1, 0.15) is 30.0 Å². The number of halogens is 10. The van der Waals surface area contributed by atoms with Gasteiger partial charge in [-0.25, -0.2) is 22.0 Å². The second-order valence-corrected chi connectivity index (χ2v) is 10.8. The van der Waals surface area contributed by atoms with Crippen molar-refractivity contribution in [2.24, 2.45) is 0 Å². The summed E-state index contributed by atoms with van der Waals surface area (Å²) in [6.45, 7) is 1.95. The predicted octanol–water partition coefficient (Wildman–Crippen LogP) is 12.0. The number of hydrogen-bond acceptors (Lipinski definition) is 1. The molecule has 0 saturated heterocycles. The number of aryl methyl sites for hydroxylation is 1. The average Bonchev–Trinajstić information content (AvgIpc) is 3.00. The molecule has 0 bridgehead atoms. The molecule has 0 aliphatic carbocycles. The van der Waals surface area contributed by atoms with Crippen LogP contribution < -0.4 is 4.74 Å². The van der Waals surface area contributed by atoms with Gasteiger partial charge in [-0.2, -0.15) is 22.0 Å². The van der Waals surface area contributed by atoms with E-state index in [1.165, 1.54) is 18.2 Å². The smallest absolute Gasteiger partial charge is 0.429 e. The first-order valence-corrected chi connectivity index (χ1v) is 14.4.